The van der Waals surface area contributed by atoms with Crippen molar-refractivity contribution in [3.8, 4) is 0 Å². The van der Waals surface area contributed by atoms with Gasteiger partial charge in [0, 0.05) is 5.54 Å². The fourth-order valence-corrected chi connectivity index (χ4v) is 3.37. The zero-order chi connectivity index (χ0) is 12.0. The van der Waals surface area contributed by atoms with Crippen molar-refractivity contribution >= 4 is 0 Å². The smallest absolute Gasteiger partial charge is 0.0180 e. The van der Waals surface area contributed by atoms with E-state index in [-0.39, 0.29) is 5.54 Å². The largest absolute Gasteiger partial charge is 0.325 e. The highest BCUT2D eigenvalue weighted by Crippen LogP contribution is 2.36. The van der Waals surface area contributed by atoms with Gasteiger partial charge in [-0.1, -0.05) is 52.9 Å². The maximum Gasteiger partial charge on any atom is 0.0180 e. The minimum absolute atomic E-state index is 0.151. The Kier molecular flexibility index (Phi) is 5.82. The summed E-state index contributed by atoms with van der Waals surface area (Å²) < 4.78 is 0. The van der Waals surface area contributed by atoms with Gasteiger partial charge in [-0.25, -0.2) is 0 Å². The van der Waals surface area contributed by atoms with Crippen LogP contribution in [0.25, 0.3) is 0 Å². The average Bonchev–Trinajstić information content (AvgIpc) is 2.43. The fraction of sp³-hybridized carbons (Fsp3) is 1.00. The molecule has 1 rings (SSSR count). The lowest BCUT2D eigenvalue weighted by molar-refractivity contribution is 0.237. The molecule has 3 unspecified atom stereocenters. The van der Waals surface area contributed by atoms with Crippen molar-refractivity contribution in [1.82, 2.24) is 0 Å². The first-order valence-corrected chi connectivity index (χ1v) is 7.41. The normalized spacial score (nSPS) is 33.4. The van der Waals surface area contributed by atoms with Gasteiger partial charge in [-0.15, -0.1) is 0 Å². The second-order valence-corrected chi connectivity index (χ2v) is 6.01. The zero-order valence-corrected chi connectivity index (χ0v) is 11.6. The Hall–Kier alpha value is -0.0400. The number of nitrogens with two attached hydrogens (primary N) is 1. The van der Waals surface area contributed by atoms with Crippen LogP contribution in [0.15, 0.2) is 0 Å². The van der Waals surface area contributed by atoms with Crippen molar-refractivity contribution in [1.29, 1.82) is 0 Å². The molecule has 0 amide bonds. The molecule has 0 heterocycles. The molecule has 0 saturated heterocycles. The molecule has 0 radical (unpaired) electrons. The molecule has 16 heavy (non-hydrogen) atoms. The maximum atomic E-state index is 6.65. The summed E-state index contributed by atoms with van der Waals surface area (Å²) in [5.41, 5.74) is 6.80. The first kappa shape index (κ1) is 14.0. The van der Waals surface area contributed by atoms with Crippen LogP contribution in [0.2, 0.25) is 0 Å². The van der Waals surface area contributed by atoms with Crippen LogP contribution in [-0.2, 0) is 0 Å². The molecule has 0 spiro atoms. The first-order chi connectivity index (χ1) is 7.62. The molecule has 1 heteroatoms. The Balaban J connectivity index is 2.49. The van der Waals surface area contributed by atoms with Crippen LogP contribution in [0.3, 0.4) is 0 Å². The van der Waals surface area contributed by atoms with Crippen molar-refractivity contribution in [3.63, 3.8) is 0 Å². The lowest BCUT2D eigenvalue weighted by Crippen LogP contribution is -2.45. The zero-order valence-electron chi connectivity index (χ0n) is 11.6. The van der Waals surface area contributed by atoms with Crippen molar-refractivity contribution in [3.05, 3.63) is 0 Å². The molecule has 3 atom stereocenters. The molecule has 1 fully saturated rings. The minimum atomic E-state index is 0.151. The molecule has 1 aliphatic rings. The van der Waals surface area contributed by atoms with Crippen LogP contribution in [-0.4, -0.2) is 5.54 Å². The SMILES string of the molecule is CCCC1CCCC(N)(C(C)CCC)CC1. The topological polar surface area (TPSA) is 26.0 Å². The van der Waals surface area contributed by atoms with Crippen LogP contribution in [0.5, 0.6) is 0 Å². The van der Waals surface area contributed by atoms with Crippen LogP contribution in [0, 0.1) is 11.8 Å². The summed E-state index contributed by atoms with van der Waals surface area (Å²) >= 11 is 0. The average molecular weight is 225 g/mol. The van der Waals surface area contributed by atoms with Crippen molar-refractivity contribution in [2.75, 3.05) is 0 Å². The monoisotopic (exact) mass is 225 g/mol. The second-order valence-electron chi connectivity index (χ2n) is 6.01. The van der Waals surface area contributed by atoms with Gasteiger partial charge < -0.3 is 5.73 Å². The summed E-state index contributed by atoms with van der Waals surface area (Å²) in [5, 5.41) is 0. The molecule has 0 aromatic heterocycles. The van der Waals surface area contributed by atoms with E-state index in [0.29, 0.717) is 5.92 Å². The Labute approximate surface area is 102 Å². The van der Waals surface area contributed by atoms with E-state index in [1.807, 2.05) is 0 Å². The first-order valence-electron chi connectivity index (χ1n) is 7.41. The summed E-state index contributed by atoms with van der Waals surface area (Å²) in [5.74, 6) is 1.67. The van der Waals surface area contributed by atoms with E-state index in [9.17, 15) is 0 Å². The van der Waals surface area contributed by atoms with E-state index in [2.05, 4.69) is 20.8 Å². The molecule has 1 nitrogen and oxygen atoms in total. The van der Waals surface area contributed by atoms with E-state index in [1.54, 1.807) is 0 Å². The Morgan fingerprint density at radius 1 is 1.19 bits per heavy atom. The van der Waals surface area contributed by atoms with Crippen LogP contribution in [0.1, 0.15) is 78.6 Å². The van der Waals surface area contributed by atoms with E-state index >= 15 is 0 Å². The number of rotatable bonds is 5. The van der Waals surface area contributed by atoms with Gasteiger partial charge in [0.2, 0.25) is 0 Å². The minimum Gasteiger partial charge on any atom is -0.325 e. The quantitative estimate of drug-likeness (QED) is 0.685. The number of hydrogen-bond donors (Lipinski definition) is 1. The van der Waals surface area contributed by atoms with Crippen molar-refractivity contribution in [2.45, 2.75) is 84.1 Å². The van der Waals surface area contributed by atoms with Gasteiger partial charge in [-0.3, -0.25) is 0 Å². The van der Waals surface area contributed by atoms with Gasteiger partial charge in [0.05, 0.1) is 0 Å². The fourth-order valence-electron chi connectivity index (χ4n) is 3.37. The standard InChI is InChI=1S/C15H31N/c1-4-7-13(3)15(16)11-6-9-14(8-5-2)10-12-15/h13-14H,4-12,16H2,1-3H3. The molecular weight excluding hydrogens is 194 g/mol. The molecule has 1 saturated carbocycles. The van der Waals surface area contributed by atoms with Crippen LogP contribution < -0.4 is 5.73 Å². The number of hydrogen-bond acceptors (Lipinski definition) is 1. The molecular formula is C15H31N. The van der Waals surface area contributed by atoms with Gasteiger partial charge in [-0.2, -0.15) is 0 Å². The van der Waals surface area contributed by atoms with Crippen LogP contribution in [0.4, 0.5) is 0 Å². The van der Waals surface area contributed by atoms with E-state index in [1.165, 1.54) is 57.8 Å². The lowest BCUT2D eigenvalue weighted by atomic mass is 9.77. The molecule has 0 aliphatic heterocycles. The predicted molar refractivity (Wildman–Crippen MR) is 72.5 cm³/mol. The Morgan fingerprint density at radius 3 is 2.56 bits per heavy atom. The summed E-state index contributed by atoms with van der Waals surface area (Å²) in [6.07, 6.45) is 12.0. The highest BCUT2D eigenvalue weighted by Gasteiger charge is 2.33. The van der Waals surface area contributed by atoms with Gasteiger partial charge >= 0.3 is 0 Å². The molecule has 0 aromatic carbocycles. The van der Waals surface area contributed by atoms with E-state index in [4.69, 9.17) is 5.73 Å². The van der Waals surface area contributed by atoms with Crippen molar-refractivity contribution in [2.24, 2.45) is 17.6 Å². The third-order valence-electron chi connectivity index (χ3n) is 4.67. The molecule has 1 aliphatic carbocycles. The molecule has 0 bridgehead atoms. The molecule has 0 aromatic rings. The van der Waals surface area contributed by atoms with E-state index < -0.39 is 0 Å². The Bertz CT molecular complexity index is 190. The summed E-state index contributed by atoms with van der Waals surface area (Å²) in [4.78, 5) is 0. The van der Waals surface area contributed by atoms with Crippen LogP contribution >= 0.6 is 0 Å². The van der Waals surface area contributed by atoms with Gasteiger partial charge in [0.15, 0.2) is 0 Å². The highest BCUT2D eigenvalue weighted by molar-refractivity contribution is 4.91. The second kappa shape index (κ2) is 6.64. The predicted octanol–water partition coefficient (Wildman–Crippen LogP) is 4.50. The molecule has 96 valence electrons. The highest BCUT2D eigenvalue weighted by atomic mass is 14.8. The van der Waals surface area contributed by atoms with Crippen molar-refractivity contribution < 1.29 is 0 Å². The third-order valence-corrected chi connectivity index (χ3v) is 4.67. The Morgan fingerprint density at radius 2 is 1.94 bits per heavy atom. The summed E-state index contributed by atoms with van der Waals surface area (Å²) in [7, 11) is 0. The van der Waals surface area contributed by atoms with Gasteiger partial charge in [-0.05, 0) is 37.5 Å². The summed E-state index contributed by atoms with van der Waals surface area (Å²) in [6.45, 7) is 6.94. The van der Waals surface area contributed by atoms with E-state index in [0.717, 1.165) is 5.92 Å². The summed E-state index contributed by atoms with van der Waals surface area (Å²) in [6, 6.07) is 0. The van der Waals surface area contributed by atoms with Gasteiger partial charge in [0.25, 0.3) is 0 Å². The third kappa shape index (κ3) is 3.76. The van der Waals surface area contributed by atoms with Gasteiger partial charge in [0.1, 0.15) is 0 Å². The molecule has 2 N–H and O–H groups in total. The maximum absolute atomic E-state index is 6.65. The lowest BCUT2D eigenvalue weighted by Gasteiger charge is -2.35.